The van der Waals surface area contributed by atoms with Crippen LogP contribution in [0.15, 0.2) is 18.2 Å². The van der Waals surface area contributed by atoms with Crippen LogP contribution in [0, 0.1) is 0 Å². The van der Waals surface area contributed by atoms with Crippen LogP contribution >= 0.6 is 0 Å². The quantitative estimate of drug-likeness (QED) is 0.541. The number of hydrogen-bond donors (Lipinski definition) is 0. The van der Waals surface area contributed by atoms with Crippen molar-refractivity contribution in [3.05, 3.63) is 29.3 Å². The average Bonchev–Trinajstić information content (AvgIpc) is 2.21. The summed E-state index contributed by atoms with van der Waals surface area (Å²) in [5, 5.41) is 0. The van der Waals surface area contributed by atoms with Gasteiger partial charge in [-0.05, 0) is 18.9 Å². The van der Waals surface area contributed by atoms with Crippen LogP contribution in [0.1, 0.15) is 36.2 Å². The van der Waals surface area contributed by atoms with E-state index in [1.165, 1.54) is 0 Å². The molecule has 0 saturated heterocycles. The van der Waals surface area contributed by atoms with Crippen LogP contribution in [0.4, 0.5) is 0 Å². The molecule has 0 amide bonds. The molecule has 0 spiro atoms. The van der Waals surface area contributed by atoms with Gasteiger partial charge in [-0.3, -0.25) is 0 Å². The van der Waals surface area contributed by atoms with E-state index in [9.17, 15) is 4.79 Å². The van der Waals surface area contributed by atoms with E-state index in [1.807, 2.05) is 33.0 Å². The third-order valence-electron chi connectivity index (χ3n) is 2.28. The molecule has 1 aromatic rings. The van der Waals surface area contributed by atoms with Crippen molar-refractivity contribution in [1.82, 2.24) is 0 Å². The Morgan fingerprint density at radius 1 is 1.40 bits per heavy atom. The second kappa shape index (κ2) is 5.59. The van der Waals surface area contributed by atoms with Crippen LogP contribution in [-0.2, 0) is 11.2 Å². The Bertz CT molecular complexity index is 347. The van der Waals surface area contributed by atoms with Crippen LogP contribution < -0.4 is 5.46 Å². The number of aryl methyl sites for hydroxylation is 1. The van der Waals surface area contributed by atoms with Crippen LogP contribution in [0.2, 0.25) is 0 Å². The van der Waals surface area contributed by atoms with Gasteiger partial charge >= 0.3 is 5.97 Å². The molecule has 0 fully saturated rings. The molecule has 1 rings (SSSR count). The van der Waals surface area contributed by atoms with Gasteiger partial charge in [0, 0.05) is 0 Å². The number of carbonyl (C=O) groups is 1. The monoisotopic (exact) mass is 204 g/mol. The van der Waals surface area contributed by atoms with Gasteiger partial charge in [-0.25, -0.2) is 4.79 Å². The van der Waals surface area contributed by atoms with E-state index < -0.39 is 0 Å². The fourth-order valence-electron chi connectivity index (χ4n) is 1.58. The zero-order valence-corrected chi connectivity index (χ0v) is 9.67. The second-order valence-corrected chi connectivity index (χ2v) is 3.63. The van der Waals surface area contributed by atoms with Gasteiger partial charge in [0.05, 0.1) is 12.2 Å². The highest BCUT2D eigenvalue weighted by Gasteiger charge is 2.11. The van der Waals surface area contributed by atoms with Crippen LogP contribution in [0.5, 0.6) is 0 Å². The van der Waals surface area contributed by atoms with Gasteiger partial charge in [0.15, 0.2) is 0 Å². The number of hydrogen-bond acceptors (Lipinski definition) is 2. The highest BCUT2D eigenvalue weighted by atomic mass is 16.5. The highest BCUT2D eigenvalue weighted by molar-refractivity contribution is 6.32. The molecule has 0 radical (unpaired) electrons. The number of ether oxygens (including phenoxy) is 1. The first-order valence-corrected chi connectivity index (χ1v) is 5.45. The molecule has 80 valence electrons. The van der Waals surface area contributed by atoms with E-state index in [-0.39, 0.29) is 5.97 Å². The molecule has 0 heterocycles. The standard InChI is InChI=1S/C12H17BO2/c1-3-5-9-6-7-10(13)8-11(9)12(14)15-4-2/h6-8H,3-5,13H2,1-2H3. The number of rotatable bonds is 4. The third kappa shape index (κ3) is 3.12. The molecule has 0 unspecified atom stereocenters. The summed E-state index contributed by atoms with van der Waals surface area (Å²) in [5.74, 6) is -0.204. The van der Waals surface area contributed by atoms with Gasteiger partial charge in [0.1, 0.15) is 7.85 Å². The van der Waals surface area contributed by atoms with Crippen molar-refractivity contribution in [2.24, 2.45) is 0 Å². The summed E-state index contributed by atoms with van der Waals surface area (Å²) in [4.78, 5) is 11.7. The van der Waals surface area contributed by atoms with Gasteiger partial charge in [-0.1, -0.05) is 37.0 Å². The Kier molecular flexibility index (Phi) is 4.41. The summed E-state index contributed by atoms with van der Waals surface area (Å²) in [6, 6.07) is 5.96. The van der Waals surface area contributed by atoms with Crippen molar-refractivity contribution in [3.63, 3.8) is 0 Å². The molecule has 0 bridgehead atoms. The van der Waals surface area contributed by atoms with Crippen molar-refractivity contribution < 1.29 is 9.53 Å². The lowest BCUT2D eigenvalue weighted by Gasteiger charge is -2.08. The average molecular weight is 204 g/mol. The van der Waals surface area contributed by atoms with Crippen LogP contribution in [0.25, 0.3) is 0 Å². The molecule has 1 aromatic carbocycles. The van der Waals surface area contributed by atoms with Crippen molar-refractivity contribution in [2.45, 2.75) is 26.7 Å². The zero-order valence-electron chi connectivity index (χ0n) is 9.67. The lowest BCUT2D eigenvalue weighted by Crippen LogP contribution is -2.13. The molecular formula is C12H17BO2. The van der Waals surface area contributed by atoms with E-state index in [1.54, 1.807) is 0 Å². The Morgan fingerprint density at radius 3 is 2.73 bits per heavy atom. The maximum atomic E-state index is 11.7. The molecule has 0 aliphatic rings. The number of benzene rings is 1. The lowest BCUT2D eigenvalue weighted by atomic mass is 9.91. The summed E-state index contributed by atoms with van der Waals surface area (Å²) < 4.78 is 5.03. The van der Waals surface area contributed by atoms with E-state index >= 15 is 0 Å². The normalized spacial score (nSPS) is 10.0. The molecule has 2 nitrogen and oxygen atoms in total. The van der Waals surface area contributed by atoms with Gasteiger partial charge < -0.3 is 4.74 Å². The predicted molar refractivity (Wildman–Crippen MR) is 64.6 cm³/mol. The Morgan fingerprint density at radius 2 is 2.13 bits per heavy atom. The predicted octanol–water partition coefficient (Wildman–Crippen LogP) is 1.07. The van der Waals surface area contributed by atoms with E-state index in [0.29, 0.717) is 6.61 Å². The van der Waals surface area contributed by atoms with Gasteiger partial charge in [-0.2, -0.15) is 0 Å². The van der Waals surface area contributed by atoms with Gasteiger partial charge in [0.25, 0.3) is 0 Å². The highest BCUT2D eigenvalue weighted by Crippen LogP contribution is 2.11. The summed E-state index contributed by atoms with van der Waals surface area (Å²) in [6.45, 7) is 4.36. The Labute approximate surface area is 92.0 Å². The first-order chi connectivity index (χ1) is 7.19. The maximum Gasteiger partial charge on any atom is 0.338 e. The van der Waals surface area contributed by atoms with E-state index in [4.69, 9.17) is 4.74 Å². The zero-order chi connectivity index (χ0) is 11.3. The summed E-state index contributed by atoms with van der Waals surface area (Å²) >= 11 is 0. The Balaban J connectivity index is 3.00. The molecule has 0 N–H and O–H groups in total. The second-order valence-electron chi connectivity index (χ2n) is 3.63. The molecule has 3 heteroatoms. The van der Waals surface area contributed by atoms with Crippen LogP contribution in [0.3, 0.4) is 0 Å². The topological polar surface area (TPSA) is 26.3 Å². The fraction of sp³-hybridized carbons (Fsp3) is 0.417. The molecule has 15 heavy (non-hydrogen) atoms. The van der Waals surface area contributed by atoms with E-state index in [2.05, 4.69) is 6.92 Å². The molecule has 0 saturated carbocycles. The van der Waals surface area contributed by atoms with Crippen LogP contribution in [-0.4, -0.2) is 20.4 Å². The van der Waals surface area contributed by atoms with Crippen molar-refractivity contribution in [3.8, 4) is 0 Å². The lowest BCUT2D eigenvalue weighted by molar-refractivity contribution is 0.0525. The molecular weight excluding hydrogens is 187 g/mol. The Hall–Kier alpha value is -1.25. The summed E-state index contributed by atoms with van der Waals surface area (Å²) in [6.07, 6.45) is 1.96. The molecule has 0 aromatic heterocycles. The minimum Gasteiger partial charge on any atom is -0.462 e. The van der Waals surface area contributed by atoms with E-state index in [0.717, 1.165) is 29.4 Å². The third-order valence-corrected chi connectivity index (χ3v) is 2.28. The molecule has 0 aliphatic heterocycles. The minimum atomic E-state index is -0.204. The number of esters is 1. The van der Waals surface area contributed by atoms with Crippen molar-refractivity contribution in [1.29, 1.82) is 0 Å². The molecule has 0 atom stereocenters. The van der Waals surface area contributed by atoms with Crippen molar-refractivity contribution >= 4 is 19.3 Å². The SMILES string of the molecule is Bc1ccc(CCC)c(C(=O)OCC)c1. The van der Waals surface area contributed by atoms with Gasteiger partial charge in [0.2, 0.25) is 0 Å². The van der Waals surface area contributed by atoms with Crippen molar-refractivity contribution in [2.75, 3.05) is 6.61 Å². The molecule has 0 aliphatic carbocycles. The summed E-state index contributed by atoms with van der Waals surface area (Å²) in [5.41, 5.74) is 2.90. The fourth-order valence-corrected chi connectivity index (χ4v) is 1.58. The van der Waals surface area contributed by atoms with Gasteiger partial charge in [-0.15, -0.1) is 0 Å². The smallest absolute Gasteiger partial charge is 0.338 e. The first kappa shape index (κ1) is 11.8. The number of carbonyl (C=O) groups excluding carboxylic acids is 1. The largest absolute Gasteiger partial charge is 0.462 e. The summed E-state index contributed by atoms with van der Waals surface area (Å²) in [7, 11) is 1.98. The first-order valence-electron chi connectivity index (χ1n) is 5.45. The minimum absolute atomic E-state index is 0.204. The maximum absolute atomic E-state index is 11.7.